The van der Waals surface area contributed by atoms with Crippen LogP contribution in [-0.2, 0) is 6.54 Å². The Bertz CT molecular complexity index is 924. The van der Waals surface area contributed by atoms with Crippen LogP contribution in [0.25, 0.3) is 0 Å². The average molecular weight is 400 g/mol. The minimum atomic E-state index is -0.0796. The van der Waals surface area contributed by atoms with Crippen molar-refractivity contribution in [3.05, 3.63) is 82.1 Å². The smallest absolute Gasteiger partial charge is 0.255 e. The molecule has 3 aromatic rings. The number of rotatable bonds is 7. The van der Waals surface area contributed by atoms with Gasteiger partial charge in [0.1, 0.15) is 0 Å². The molecule has 1 N–H and O–H groups in total. The van der Waals surface area contributed by atoms with Gasteiger partial charge in [0.15, 0.2) is 0 Å². The summed E-state index contributed by atoms with van der Waals surface area (Å²) in [6, 6.07) is 17.9. The van der Waals surface area contributed by atoms with Gasteiger partial charge < -0.3 is 5.32 Å². The summed E-state index contributed by atoms with van der Waals surface area (Å²) in [4.78, 5) is 13.8. The molecule has 0 bridgehead atoms. The van der Waals surface area contributed by atoms with Crippen LogP contribution in [0, 0.1) is 13.8 Å². The Labute approximate surface area is 168 Å². The van der Waals surface area contributed by atoms with E-state index < -0.39 is 0 Å². The van der Waals surface area contributed by atoms with Gasteiger partial charge in [0.2, 0.25) is 0 Å². The van der Waals surface area contributed by atoms with Gasteiger partial charge in [-0.2, -0.15) is 5.10 Å². The fourth-order valence-corrected chi connectivity index (χ4v) is 3.89. The first kappa shape index (κ1) is 19.5. The van der Waals surface area contributed by atoms with Crippen LogP contribution in [0.5, 0.6) is 0 Å². The molecule has 0 radical (unpaired) electrons. The number of thioether (sulfide) groups is 1. The number of nitrogens with one attached hydrogen (secondary N) is 1. The quantitative estimate of drug-likeness (QED) is 0.461. The summed E-state index contributed by atoms with van der Waals surface area (Å²) in [7, 11) is 0. The van der Waals surface area contributed by atoms with Crippen LogP contribution in [0.3, 0.4) is 0 Å². The Balaban J connectivity index is 1.61. The third-order valence-electron chi connectivity index (χ3n) is 4.29. The molecule has 0 aliphatic rings. The number of aromatic nitrogens is 2. The van der Waals surface area contributed by atoms with E-state index in [1.54, 1.807) is 11.8 Å². The van der Waals surface area contributed by atoms with Crippen molar-refractivity contribution in [1.29, 1.82) is 0 Å². The molecule has 4 nitrogen and oxygen atoms in total. The average Bonchev–Trinajstić information content (AvgIpc) is 2.95. The van der Waals surface area contributed by atoms with Gasteiger partial charge in [0.05, 0.1) is 17.8 Å². The maximum atomic E-state index is 12.6. The molecule has 1 aromatic heterocycles. The molecule has 3 rings (SSSR count). The van der Waals surface area contributed by atoms with E-state index in [1.807, 2.05) is 61.0 Å². The van der Waals surface area contributed by atoms with Crippen molar-refractivity contribution in [2.75, 3.05) is 12.3 Å². The second kappa shape index (κ2) is 9.11. The zero-order valence-corrected chi connectivity index (χ0v) is 17.0. The first-order valence-electron chi connectivity index (χ1n) is 8.79. The molecule has 0 fully saturated rings. The molecule has 2 aromatic carbocycles. The summed E-state index contributed by atoms with van der Waals surface area (Å²) < 4.78 is 1.84. The van der Waals surface area contributed by atoms with E-state index in [1.165, 1.54) is 4.90 Å². The van der Waals surface area contributed by atoms with Crippen molar-refractivity contribution in [2.45, 2.75) is 25.3 Å². The summed E-state index contributed by atoms with van der Waals surface area (Å²) in [5, 5.41) is 8.24. The fraction of sp³-hybridized carbons (Fsp3) is 0.238. The zero-order valence-electron chi connectivity index (χ0n) is 15.4. The normalized spacial score (nSPS) is 10.8. The van der Waals surface area contributed by atoms with Gasteiger partial charge in [-0.15, -0.1) is 11.8 Å². The highest BCUT2D eigenvalue weighted by atomic mass is 35.5. The molecule has 27 heavy (non-hydrogen) atoms. The predicted molar refractivity (Wildman–Crippen MR) is 112 cm³/mol. The molecular weight excluding hydrogens is 378 g/mol. The molecule has 140 valence electrons. The maximum absolute atomic E-state index is 12.6. The molecule has 0 aliphatic carbocycles. The van der Waals surface area contributed by atoms with Crippen molar-refractivity contribution >= 4 is 29.3 Å². The lowest BCUT2D eigenvalue weighted by atomic mass is 10.1. The van der Waals surface area contributed by atoms with Crippen molar-refractivity contribution in [1.82, 2.24) is 15.1 Å². The second-order valence-electron chi connectivity index (χ2n) is 6.21. The Morgan fingerprint density at radius 1 is 1.11 bits per heavy atom. The molecule has 1 amide bonds. The highest BCUT2D eigenvalue weighted by molar-refractivity contribution is 7.99. The minimum absolute atomic E-state index is 0.0796. The molecule has 1 heterocycles. The van der Waals surface area contributed by atoms with E-state index in [9.17, 15) is 4.79 Å². The topological polar surface area (TPSA) is 46.9 Å². The van der Waals surface area contributed by atoms with Crippen LogP contribution in [-0.4, -0.2) is 28.0 Å². The van der Waals surface area contributed by atoms with Crippen molar-refractivity contribution < 1.29 is 4.79 Å². The molecule has 0 saturated heterocycles. The van der Waals surface area contributed by atoms with Crippen molar-refractivity contribution in [3.8, 4) is 0 Å². The summed E-state index contributed by atoms with van der Waals surface area (Å²) in [5.74, 6) is 0.741. The summed E-state index contributed by atoms with van der Waals surface area (Å²) in [6.45, 7) is 4.94. The molecular formula is C21H22ClN3OS. The van der Waals surface area contributed by atoms with Gasteiger partial charge in [0, 0.05) is 27.9 Å². The predicted octanol–water partition coefficient (Wildman–Crippen LogP) is 4.72. The summed E-state index contributed by atoms with van der Waals surface area (Å²) >= 11 is 7.97. The first-order valence-corrected chi connectivity index (χ1v) is 10.2. The lowest BCUT2D eigenvalue weighted by Gasteiger charge is -2.08. The van der Waals surface area contributed by atoms with Crippen LogP contribution in [0.1, 0.15) is 27.3 Å². The van der Waals surface area contributed by atoms with Crippen molar-refractivity contribution in [3.63, 3.8) is 0 Å². The summed E-state index contributed by atoms with van der Waals surface area (Å²) in [5.41, 5.74) is 3.20. The standard InChI is InChI=1S/C21H22ClN3OS/c1-15-20(21(26)23-12-13-27-18-9-4-3-5-10-18)16(2)25(24-15)14-17-8-6-7-11-19(17)22/h3-11H,12-14H2,1-2H3,(H,23,26). The fourth-order valence-electron chi connectivity index (χ4n) is 2.91. The minimum Gasteiger partial charge on any atom is -0.351 e. The van der Waals surface area contributed by atoms with Crippen LogP contribution < -0.4 is 5.32 Å². The second-order valence-corrected chi connectivity index (χ2v) is 7.79. The molecule has 0 aliphatic heterocycles. The van der Waals surface area contributed by atoms with Gasteiger partial charge in [0.25, 0.3) is 5.91 Å². The van der Waals surface area contributed by atoms with Crippen LogP contribution in [0.2, 0.25) is 5.02 Å². The molecule has 0 saturated carbocycles. The number of hydrogen-bond acceptors (Lipinski definition) is 3. The number of amides is 1. The van der Waals surface area contributed by atoms with Crippen LogP contribution in [0.15, 0.2) is 59.5 Å². The van der Waals surface area contributed by atoms with E-state index in [0.29, 0.717) is 23.7 Å². The molecule has 0 atom stereocenters. The Kier molecular flexibility index (Phi) is 6.58. The number of halogens is 1. The number of aryl methyl sites for hydroxylation is 1. The number of carbonyl (C=O) groups excluding carboxylic acids is 1. The van der Waals surface area contributed by atoms with Crippen LogP contribution >= 0.6 is 23.4 Å². The zero-order chi connectivity index (χ0) is 19.2. The number of nitrogens with zero attached hydrogens (tertiary/aromatic N) is 2. The van der Waals surface area contributed by atoms with Crippen molar-refractivity contribution in [2.24, 2.45) is 0 Å². The third-order valence-corrected chi connectivity index (χ3v) is 5.67. The van der Waals surface area contributed by atoms with Gasteiger partial charge in [-0.25, -0.2) is 0 Å². The largest absolute Gasteiger partial charge is 0.351 e. The Hall–Kier alpha value is -2.24. The lowest BCUT2D eigenvalue weighted by Crippen LogP contribution is -2.26. The first-order chi connectivity index (χ1) is 13.1. The molecule has 0 spiro atoms. The van der Waals surface area contributed by atoms with Gasteiger partial charge in [-0.1, -0.05) is 48.0 Å². The maximum Gasteiger partial charge on any atom is 0.255 e. The highest BCUT2D eigenvalue weighted by Gasteiger charge is 2.18. The monoisotopic (exact) mass is 399 g/mol. The number of benzene rings is 2. The Morgan fingerprint density at radius 2 is 1.81 bits per heavy atom. The van der Waals surface area contributed by atoms with Crippen LogP contribution in [0.4, 0.5) is 0 Å². The third kappa shape index (κ3) is 4.93. The van der Waals surface area contributed by atoms with Gasteiger partial charge in [-0.05, 0) is 37.6 Å². The molecule has 0 unspecified atom stereocenters. The Morgan fingerprint density at radius 3 is 2.56 bits per heavy atom. The van der Waals surface area contributed by atoms with Gasteiger partial charge >= 0.3 is 0 Å². The number of carbonyl (C=O) groups is 1. The SMILES string of the molecule is Cc1nn(Cc2ccccc2Cl)c(C)c1C(=O)NCCSc1ccccc1. The summed E-state index contributed by atoms with van der Waals surface area (Å²) in [6.07, 6.45) is 0. The number of hydrogen-bond donors (Lipinski definition) is 1. The lowest BCUT2D eigenvalue weighted by molar-refractivity contribution is 0.0955. The van der Waals surface area contributed by atoms with E-state index in [4.69, 9.17) is 11.6 Å². The van der Waals surface area contributed by atoms with E-state index in [0.717, 1.165) is 22.7 Å². The highest BCUT2D eigenvalue weighted by Crippen LogP contribution is 2.20. The van der Waals surface area contributed by atoms with E-state index in [2.05, 4.69) is 22.5 Å². The van der Waals surface area contributed by atoms with Gasteiger partial charge in [-0.3, -0.25) is 9.48 Å². The van der Waals surface area contributed by atoms with E-state index in [-0.39, 0.29) is 5.91 Å². The van der Waals surface area contributed by atoms with E-state index >= 15 is 0 Å². The molecule has 6 heteroatoms.